The van der Waals surface area contributed by atoms with Gasteiger partial charge in [0.05, 0.1) is 11.3 Å². The summed E-state index contributed by atoms with van der Waals surface area (Å²) in [6.45, 7) is -0.124. The van der Waals surface area contributed by atoms with E-state index in [-0.39, 0.29) is 12.5 Å². The molecule has 2 amide bonds. The van der Waals surface area contributed by atoms with Crippen molar-refractivity contribution >= 4 is 39.2 Å². The largest absolute Gasteiger partial charge is 0.347 e. The van der Waals surface area contributed by atoms with Crippen LogP contribution in [0.25, 0.3) is 0 Å². The molecule has 18 heavy (non-hydrogen) atoms. The zero-order valence-corrected chi connectivity index (χ0v) is 11.5. The minimum atomic E-state index is -0.660. The summed E-state index contributed by atoms with van der Waals surface area (Å²) in [5.41, 5.74) is 0.809. The second-order valence-electron chi connectivity index (χ2n) is 4.14. The molecule has 5 nitrogen and oxygen atoms in total. The number of anilines is 1. The van der Waals surface area contributed by atoms with Crippen LogP contribution in [0.15, 0.2) is 22.7 Å². The second kappa shape index (κ2) is 4.53. The van der Waals surface area contributed by atoms with Gasteiger partial charge in [-0.2, -0.15) is 0 Å². The lowest BCUT2D eigenvalue weighted by atomic mass is 10.1. The van der Waals surface area contributed by atoms with Gasteiger partial charge in [0.1, 0.15) is 6.54 Å². The highest BCUT2D eigenvalue weighted by atomic mass is 79.9. The lowest BCUT2D eigenvalue weighted by Gasteiger charge is -2.18. The van der Waals surface area contributed by atoms with Crippen LogP contribution in [0, 0.1) is 0 Å². The maximum Gasteiger partial charge on any atom is 0.299 e. The highest BCUT2D eigenvalue weighted by Crippen LogP contribution is 2.34. The zero-order valence-electron chi connectivity index (χ0n) is 9.94. The van der Waals surface area contributed by atoms with E-state index in [1.54, 1.807) is 32.3 Å². The number of hydrogen-bond donors (Lipinski definition) is 0. The zero-order chi connectivity index (χ0) is 13.4. The van der Waals surface area contributed by atoms with Crippen molar-refractivity contribution in [3.63, 3.8) is 0 Å². The summed E-state index contributed by atoms with van der Waals surface area (Å²) in [7, 11) is 3.21. The van der Waals surface area contributed by atoms with E-state index in [2.05, 4.69) is 15.9 Å². The number of amides is 2. The lowest BCUT2D eigenvalue weighted by molar-refractivity contribution is -0.128. The fraction of sp³-hybridized carbons (Fsp3) is 0.250. The van der Waals surface area contributed by atoms with Crippen molar-refractivity contribution in [1.29, 1.82) is 0 Å². The third-order valence-electron chi connectivity index (χ3n) is 2.74. The molecule has 2 rings (SSSR count). The van der Waals surface area contributed by atoms with Crippen LogP contribution in [0.3, 0.4) is 0 Å². The van der Waals surface area contributed by atoms with Gasteiger partial charge < -0.3 is 4.90 Å². The van der Waals surface area contributed by atoms with Gasteiger partial charge in [-0.1, -0.05) is 6.07 Å². The molecular formula is C12H11BrN2O3. The van der Waals surface area contributed by atoms with E-state index in [9.17, 15) is 14.4 Å². The summed E-state index contributed by atoms with van der Waals surface area (Å²) < 4.78 is 0.568. The van der Waals surface area contributed by atoms with Gasteiger partial charge in [0, 0.05) is 18.6 Å². The standard InChI is InChI=1S/C12H11BrN2O3/c1-14(2)9(16)6-15-8-5-3-4-7(13)10(8)11(17)12(15)18/h3-5H,6H2,1-2H3. The van der Waals surface area contributed by atoms with Gasteiger partial charge in [0.15, 0.2) is 0 Å². The number of ketones is 1. The number of hydrogen-bond acceptors (Lipinski definition) is 3. The Balaban J connectivity index is 2.41. The molecule has 94 valence electrons. The fourth-order valence-electron chi connectivity index (χ4n) is 1.74. The molecule has 1 aromatic rings. The van der Waals surface area contributed by atoms with E-state index in [0.29, 0.717) is 15.7 Å². The average Bonchev–Trinajstić information content (AvgIpc) is 2.55. The molecule has 0 N–H and O–H groups in total. The van der Waals surface area contributed by atoms with Crippen molar-refractivity contribution in [2.45, 2.75) is 0 Å². The highest BCUT2D eigenvalue weighted by Gasteiger charge is 2.38. The van der Waals surface area contributed by atoms with Gasteiger partial charge in [-0.25, -0.2) is 0 Å². The van der Waals surface area contributed by atoms with Crippen molar-refractivity contribution in [2.75, 3.05) is 25.5 Å². The number of fused-ring (bicyclic) bond motifs is 1. The lowest BCUT2D eigenvalue weighted by Crippen LogP contribution is -2.39. The SMILES string of the molecule is CN(C)C(=O)CN1C(=O)C(=O)c2c(Br)cccc21. The number of carbonyl (C=O) groups excluding carboxylic acids is 3. The fourth-order valence-corrected chi connectivity index (χ4v) is 2.27. The third-order valence-corrected chi connectivity index (χ3v) is 3.40. The molecular weight excluding hydrogens is 300 g/mol. The quantitative estimate of drug-likeness (QED) is 0.768. The highest BCUT2D eigenvalue weighted by molar-refractivity contribution is 9.10. The number of Topliss-reactive ketones (excluding diaryl/α,β-unsaturated/α-hetero) is 1. The first-order chi connectivity index (χ1) is 8.43. The molecule has 0 spiro atoms. The van der Waals surface area contributed by atoms with Crippen LogP contribution in [0.5, 0.6) is 0 Å². The van der Waals surface area contributed by atoms with Gasteiger partial charge in [0.2, 0.25) is 5.91 Å². The minimum Gasteiger partial charge on any atom is -0.347 e. The summed E-state index contributed by atoms with van der Waals surface area (Å²) in [5.74, 6) is -1.47. The van der Waals surface area contributed by atoms with Crippen molar-refractivity contribution < 1.29 is 14.4 Å². The predicted octanol–water partition coefficient (Wildman–Crippen LogP) is 1.07. The van der Waals surface area contributed by atoms with E-state index in [1.807, 2.05) is 0 Å². The van der Waals surface area contributed by atoms with E-state index in [1.165, 1.54) is 9.80 Å². The Morgan fingerprint density at radius 3 is 2.61 bits per heavy atom. The summed E-state index contributed by atoms with van der Waals surface area (Å²) in [5, 5.41) is 0. The van der Waals surface area contributed by atoms with Crippen LogP contribution < -0.4 is 4.90 Å². The van der Waals surface area contributed by atoms with Crippen LogP contribution in [0.4, 0.5) is 5.69 Å². The number of likely N-dealkylation sites (N-methyl/N-ethyl adjacent to an activating group) is 1. The minimum absolute atomic E-state index is 0.124. The van der Waals surface area contributed by atoms with Crippen LogP contribution in [0.1, 0.15) is 10.4 Å². The Morgan fingerprint density at radius 2 is 2.00 bits per heavy atom. The molecule has 0 atom stereocenters. The van der Waals surface area contributed by atoms with E-state index in [0.717, 1.165) is 0 Å². The first kappa shape index (κ1) is 12.8. The van der Waals surface area contributed by atoms with Gasteiger partial charge >= 0.3 is 0 Å². The van der Waals surface area contributed by atoms with Crippen molar-refractivity contribution in [3.05, 3.63) is 28.2 Å². The second-order valence-corrected chi connectivity index (χ2v) is 5.00. The summed E-state index contributed by atoms with van der Waals surface area (Å²) >= 11 is 3.24. The Labute approximate surface area is 112 Å². The number of halogens is 1. The summed E-state index contributed by atoms with van der Waals surface area (Å²) in [6, 6.07) is 5.08. The molecule has 0 unspecified atom stereocenters. The predicted molar refractivity (Wildman–Crippen MR) is 69.5 cm³/mol. The first-order valence-electron chi connectivity index (χ1n) is 5.28. The molecule has 0 saturated carbocycles. The van der Waals surface area contributed by atoms with Gasteiger partial charge in [-0.15, -0.1) is 0 Å². The normalized spacial score (nSPS) is 13.8. The van der Waals surface area contributed by atoms with E-state index >= 15 is 0 Å². The monoisotopic (exact) mass is 310 g/mol. The summed E-state index contributed by atoms with van der Waals surface area (Å²) in [6.07, 6.45) is 0. The van der Waals surface area contributed by atoms with Gasteiger partial charge in [0.25, 0.3) is 11.7 Å². The van der Waals surface area contributed by atoms with Crippen molar-refractivity contribution in [3.8, 4) is 0 Å². The molecule has 0 fully saturated rings. The Hall–Kier alpha value is -1.69. The molecule has 1 aromatic carbocycles. The molecule has 0 saturated heterocycles. The third kappa shape index (κ3) is 1.92. The Bertz CT molecular complexity index is 554. The van der Waals surface area contributed by atoms with Crippen LogP contribution in [-0.4, -0.2) is 43.1 Å². The van der Waals surface area contributed by atoms with Gasteiger partial charge in [-0.3, -0.25) is 19.3 Å². The first-order valence-corrected chi connectivity index (χ1v) is 6.07. The van der Waals surface area contributed by atoms with E-state index < -0.39 is 11.7 Å². The smallest absolute Gasteiger partial charge is 0.299 e. The van der Waals surface area contributed by atoms with Gasteiger partial charge in [-0.05, 0) is 28.1 Å². The van der Waals surface area contributed by atoms with Crippen molar-refractivity contribution in [1.82, 2.24) is 4.90 Å². The number of benzene rings is 1. The molecule has 1 heterocycles. The topological polar surface area (TPSA) is 57.7 Å². The maximum atomic E-state index is 11.9. The molecule has 0 aliphatic carbocycles. The van der Waals surface area contributed by atoms with Crippen molar-refractivity contribution in [2.24, 2.45) is 0 Å². The number of rotatable bonds is 2. The Kier molecular flexibility index (Phi) is 3.21. The number of nitrogens with zero attached hydrogens (tertiary/aromatic N) is 2. The average molecular weight is 311 g/mol. The maximum absolute atomic E-state index is 11.9. The molecule has 6 heteroatoms. The van der Waals surface area contributed by atoms with E-state index in [4.69, 9.17) is 0 Å². The molecule has 0 radical (unpaired) electrons. The molecule has 0 bridgehead atoms. The van der Waals surface area contributed by atoms with Crippen LogP contribution >= 0.6 is 15.9 Å². The molecule has 0 aromatic heterocycles. The molecule has 1 aliphatic heterocycles. The Morgan fingerprint density at radius 1 is 1.33 bits per heavy atom. The summed E-state index contributed by atoms with van der Waals surface area (Å²) in [4.78, 5) is 37.9. The van der Waals surface area contributed by atoms with Crippen LogP contribution in [-0.2, 0) is 9.59 Å². The molecule has 1 aliphatic rings. The number of carbonyl (C=O) groups is 3. The van der Waals surface area contributed by atoms with Crippen LogP contribution in [0.2, 0.25) is 0 Å².